The minimum Gasteiger partial charge on any atom is -0.481 e. The predicted molar refractivity (Wildman–Crippen MR) is 65.2 cm³/mol. The number of carboxylic acids is 1. The van der Waals surface area contributed by atoms with Crippen LogP contribution >= 0.6 is 0 Å². The van der Waals surface area contributed by atoms with Crippen LogP contribution in [0.2, 0.25) is 0 Å². The molecule has 0 bridgehead atoms. The molecule has 2 atom stereocenters. The number of piperidine rings is 1. The van der Waals surface area contributed by atoms with E-state index in [0.717, 1.165) is 19.3 Å². The standard InChI is InChI=1S/C13H19NO4/c1-2-9-18-12(17)14-8-4-7-13(11(15)16)6-3-5-10(13)14/h2,10H,1,3-9H2,(H,15,16)/t10-,13+/m1/s1. The topological polar surface area (TPSA) is 66.8 Å². The molecule has 100 valence electrons. The number of nitrogens with zero attached hydrogens (tertiary/aromatic N) is 1. The number of carbonyl (C=O) groups is 2. The van der Waals surface area contributed by atoms with Crippen LogP contribution in [-0.4, -0.2) is 41.3 Å². The molecule has 18 heavy (non-hydrogen) atoms. The zero-order valence-electron chi connectivity index (χ0n) is 10.4. The van der Waals surface area contributed by atoms with E-state index in [1.807, 2.05) is 0 Å². The lowest BCUT2D eigenvalue weighted by Gasteiger charge is -2.43. The van der Waals surface area contributed by atoms with Crippen LogP contribution in [0.25, 0.3) is 0 Å². The molecule has 0 aromatic heterocycles. The van der Waals surface area contributed by atoms with Crippen molar-refractivity contribution in [3.05, 3.63) is 12.7 Å². The van der Waals surface area contributed by atoms with Crippen LogP contribution in [0, 0.1) is 5.41 Å². The normalized spacial score (nSPS) is 30.7. The Balaban J connectivity index is 2.15. The molecular formula is C13H19NO4. The molecule has 5 heteroatoms. The number of rotatable bonds is 3. The second kappa shape index (κ2) is 5.00. The van der Waals surface area contributed by atoms with Gasteiger partial charge in [-0.2, -0.15) is 0 Å². The second-order valence-electron chi connectivity index (χ2n) is 5.03. The van der Waals surface area contributed by atoms with Crippen LogP contribution in [-0.2, 0) is 9.53 Å². The smallest absolute Gasteiger partial charge is 0.410 e. The molecular weight excluding hydrogens is 234 g/mol. The van der Waals surface area contributed by atoms with Gasteiger partial charge < -0.3 is 14.7 Å². The van der Waals surface area contributed by atoms with Gasteiger partial charge in [-0.3, -0.25) is 4.79 Å². The van der Waals surface area contributed by atoms with Gasteiger partial charge in [-0.15, -0.1) is 0 Å². The van der Waals surface area contributed by atoms with E-state index in [1.165, 1.54) is 6.08 Å². The predicted octanol–water partition coefficient (Wildman–Crippen LogP) is 2.03. The molecule has 1 saturated heterocycles. The van der Waals surface area contributed by atoms with Crippen LogP contribution in [0.3, 0.4) is 0 Å². The van der Waals surface area contributed by atoms with Crippen LogP contribution in [0.4, 0.5) is 4.79 Å². The first-order chi connectivity index (χ1) is 8.62. The maximum Gasteiger partial charge on any atom is 0.410 e. The number of aliphatic carboxylic acids is 1. The summed E-state index contributed by atoms with van der Waals surface area (Å²) in [7, 11) is 0. The number of carboxylic acid groups (broad SMARTS) is 1. The summed E-state index contributed by atoms with van der Waals surface area (Å²) < 4.78 is 5.04. The number of hydrogen-bond donors (Lipinski definition) is 1. The van der Waals surface area contributed by atoms with Gasteiger partial charge in [0.1, 0.15) is 6.61 Å². The van der Waals surface area contributed by atoms with Crippen LogP contribution < -0.4 is 0 Å². The number of ether oxygens (including phenoxy) is 1. The highest BCUT2D eigenvalue weighted by Crippen LogP contribution is 2.48. The molecule has 0 spiro atoms. The van der Waals surface area contributed by atoms with E-state index in [1.54, 1.807) is 4.90 Å². The van der Waals surface area contributed by atoms with Crippen molar-refractivity contribution in [3.8, 4) is 0 Å². The fourth-order valence-electron chi connectivity index (χ4n) is 3.31. The van der Waals surface area contributed by atoms with Crippen molar-refractivity contribution in [1.82, 2.24) is 4.90 Å². The molecule has 2 fully saturated rings. The lowest BCUT2D eigenvalue weighted by molar-refractivity contribution is -0.154. The summed E-state index contributed by atoms with van der Waals surface area (Å²) in [6.45, 7) is 4.26. The first-order valence-electron chi connectivity index (χ1n) is 6.39. The van der Waals surface area contributed by atoms with Crippen LogP contribution in [0.5, 0.6) is 0 Å². The number of carbonyl (C=O) groups excluding carboxylic acids is 1. The van der Waals surface area contributed by atoms with E-state index in [-0.39, 0.29) is 12.6 Å². The average molecular weight is 253 g/mol. The van der Waals surface area contributed by atoms with Gasteiger partial charge in [0.2, 0.25) is 0 Å². The van der Waals surface area contributed by atoms with Crippen molar-refractivity contribution in [2.45, 2.75) is 38.1 Å². The number of hydrogen-bond acceptors (Lipinski definition) is 3. The summed E-state index contributed by atoms with van der Waals surface area (Å²) in [5.41, 5.74) is -0.745. The Kier molecular flexibility index (Phi) is 3.59. The molecule has 1 N–H and O–H groups in total. The molecule has 1 heterocycles. The highest BCUT2D eigenvalue weighted by molar-refractivity contribution is 5.78. The minimum atomic E-state index is -0.772. The van der Waals surface area contributed by atoms with E-state index in [2.05, 4.69) is 6.58 Å². The third-order valence-electron chi connectivity index (χ3n) is 4.12. The Morgan fingerprint density at radius 2 is 2.17 bits per heavy atom. The Labute approximate surface area is 106 Å². The van der Waals surface area contributed by atoms with E-state index < -0.39 is 17.5 Å². The number of amides is 1. The van der Waals surface area contributed by atoms with Crippen molar-refractivity contribution in [2.75, 3.05) is 13.2 Å². The van der Waals surface area contributed by atoms with Crippen molar-refractivity contribution in [3.63, 3.8) is 0 Å². The molecule has 2 aliphatic rings. The first kappa shape index (κ1) is 12.9. The highest BCUT2D eigenvalue weighted by Gasteiger charge is 2.54. The van der Waals surface area contributed by atoms with Gasteiger partial charge in [0.25, 0.3) is 0 Å². The zero-order chi connectivity index (χ0) is 13.2. The molecule has 1 saturated carbocycles. The van der Waals surface area contributed by atoms with Gasteiger partial charge in [-0.05, 0) is 25.7 Å². The zero-order valence-corrected chi connectivity index (χ0v) is 10.4. The van der Waals surface area contributed by atoms with Crippen LogP contribution in [0.1, 0.15) is 32.1 Å². The molecule has 0 unspecified atom stereocenters. The summed E-state index contributed by atoms with van der Waals surface area (Å²) in [4.78, 5) is 25.1. The SMILES string of the molecule is C=CCOC(=O)N1CCC[C@@]2(C(=O)O)CCC[C@@H]12. The van der Waals surface area contributed by atoms with Crippen LogP contribution in [0.15, 0.2) is 12.7 Å². The molecule has 0 aromatic rings. The maximum absolute atomic E-state index is 11.9. The van der Waals surface area contributed by atoms with Gasteiger partial charge in [-0.25, -0.2) is 4.79 Å². The number of likely N-dealkylation sites (tertiary alicyclic amines) is 1. The van der Waals surface area contributed by atoms with Gasteiger partial charge >= 0.3 is 12.1 Å². The Bertz CT molecular complexity index is 368. The summed E-state index contributed by atoms with van der Waals surface area (Å²) in [6, 6.07) is -0.207. The van der Waals surface area contributed by atoms with Gasteiger partial charge in [-0.1, -0.05) is 19.1 Å². The summed E-state index contributed by atoms with van der Waals surface area (Å²) in [5, 5.41) is 9.48. The third-order valence-corrected chi connectivity index (χ3v) is 4.12. The average Bonchev–Trinajstić information content (AvgIpc) is 2.80. The highest BCUT2D eigenvalue weighted by atomic mass is 16.6. The van der Waals surface area contributed by atoms with Crippen molar-refractivity contribution < 1.29 is 19.4 Å². The lowest BCUT2D eigenvalue weighted by Crippen LogP contribution is -2.55. The quantitative estimate of drug-likeness (QED) is 0.781. The largest absolute Gasteiger partial charge is 0.481 e. The van der Waals surface area contributed by atoms with E-state index in [9.17, 15) is 14.7 Å². The Morgan fingerprint density at radius 1 is 1.44 bits per heavy atom. The maximum atomic E-state index is 11.9. The van der Waals surface area contributed by atoms with E-state index in [0.29, 0.717) is 19.4 Å². The molecule has 1 aliphatic carbocycles. The number of fused-ring (bicyclic) bond motifs is 1. The molecule has 1 amide bonds. The molecule has 1 aliphatic heterocycles. The van der Waals surface area contributed by atoms with Crippen molar-refractivity contribution in [1.29, 1.82) is 0 Å². The van der Waals surface area contributed by atoms with Gasteiger partial charge in [0.05, 0.1) is 11.5 Å². The molecule has 2 rings (SSSR count). The van der Waals surface area contributed by atoms with E-state index in [4.69, 9.17) is 4.74 Å². The molecule has 0 aromatic carbocycles. The van der Waals surface area contributed by atoms with Crippen molar-refractivity contribution in [2.24, 2.45) is 5.41 Å². The Hall–Kier alpha value is -1.52. The molecule has 5 nitrogen and oxygen atoms in total. The first-order valence-corrected chi connectivity index (χ1v) is 6.39. The molecule has 0 radical (unpaired) electrons. The van der Waals surface area contributed by atoms with Gasteiger partial charge in [0.15, 0.2) is 0 Å². The third kappa shape index (κ3) is 1.98. The fourth-order valence-corrected chi connectivity index (χ4v) is 3.31. The summed E-state index contributed by atoms with van der Waals surface area (Å²) in [6.07, 6.45) is 4.79. The van der Waals surface area contributed by atoms with Crippen molar-refractivity contribution >= 4 is 12.1 Å². The second-order valence-corrected chi connectivity index (χ2v) is 5.03. The lowest BCUT2D eigenvalue weighted by atomic mass is 9.75. The summed E-state index contributed by atoms with van der Waals surface area (Å²) >= 11 is 0. The Morgan fingerprint density at radius 3 is 2.83 bits per heavy atom. The van der Waals surface area contributed by atoms with E-state index >= 15 is 0 Å². The minimum absolute atomic E-state index is 0.169. The van der Waals surface area contributed by atoms with Gasteiger partial charge in [0, 0.05) is 6.54 Å². The summed E-state index contributed by atoms with van der Waals surface area (Å²) in [5.74, 6) is -0.772. The fraction of sp³-hybridized carbons (Fsp3) is 0.692. The monoisotopic (exact) mass is 253 g/mol.